The summed E-state index contributed by atoms with van der Waals surface area (Å²) in [4.78, 5) is 13.7. The number of nitrogens with one attached hydrogen (secondary N) is 1. The van der Waals surface area contributed by atoms with Crippen LogP contribution in [0.3, 0.4) is 0 Å². The Kier molecular flexibility index (Phi) is 6.23. The topological polar surface area (TPSA) is 63.2 Å². The van der Waals surface area contributed by atoms with Crippen molar-refractivity contribution in [3.63, 3.8) is 0 Å². The molecule has 0 amide bonds. The van der Waals surface area contributed by atoms with Crippen LogP contribution in [0.15, 0.2) is 82.6 Å². The molecule has 0 bridgehead atoms. The first-order valence-electron chi connectivity index (χ1n) is 8.01. The summed E-state index contributed by atoms with van der Waals surface area (Å²) in [5, 5.41) is -0.221. The number of hydrogen-bond donors (Lipinski definition) is 1. The van der Waals surface area contributed by atoms with Gasteiger partial charge in [0.25, 0.3) is 10.0 Å². The molecule has 0 aliphatic rings. The van der Waals surface area contributed by atoms with Crippen LogP contribution in [0.1, 0.15) is 15.9 Å². The maximum atomic E-state index is 12.8. The zero-order valence-electron chi connectivity index (χ0n) is 14.3. The fraction of sp³-hybridized carbons (Fsp3) is 0.0500. The van der Waals surface area contributed by atoms with Gasteiger partial charge in [-0.15, -0.1) is 0 Å². The van der Waals surface area contributed by atoms with E-state index in [-0.39, 0.29) is 15.7 Å². The largest absolute Gasteiger partial charge is 0.281 e. The van der Waals surface area contributed by atoms with Gasteiger partial charge >= 0.3 is 0 Å². The molecule has 0 unspecified atom stereocenters. The number of thioether (sulfide) groups is 1. The molecule has 4 nitrogen and oxygen atoms in total. The summed E-state index contributed by atoms with van der Waals surface area (Å²) in [6, 6.07) is 20.9. The third kappa shape index (κ3) is 5.12. The lowest BCUT2D eigenvalue weighted by Gasteiger charge is -2.13. The lowest BCUT2D eigenvalue weighted by Crippen LogP contribution is -2.15. The monoisotopic (exact) mass is 509 g/mol. The number of carbonyl (C=O) groups is 1. The Morgan fingerprint density at radius 2 is 1.63 bits per heavy atom. The van der Waals surface area contributed by atoms with E-state index >= 15 is 0 Å². The first kappa shape index (κ1) is 19.9. The van der Waals surface area contributed by atoms with Gasteiger partial charge in [0, 0.05) is 8.47 Å². The van der Waals surface area contributed by atoms with Gasteiger partial charge in [-0.3, -0.25) is 9.52 Å². The Morgan fingerprint density at radius 1 is 0.963 bits per heavy atom. The Labute approximate surface area is 176 Å². The van der Waals surface area contributed by atoms with Crippen LogP contribution in [0, 0.1) is 10.5 Å². The SMILES string of the molecule is Cc1ccc(S(=O)(=O)Nc2ccc(I)cc2C(=O)Sc2ccccc2)cc1. The summed E-state index contributed by atoms with van der Waals surface area (Å²) >= 11 is 3.17. The third-order valence-corrected chi connectivity index (χ3v) is 6.70. The van der Waals surface area contributed by atoms with Gasteiger partial charge in [-0.05, 0) is 83.7 Å². The molecule has 1 N–H and O–H groups in total. The van der Waals surface area contributed by atoms with E-state index in [1.54, 1.807) is 42.5 Å². The number of sulfonamides is 1. The Morgan fingerprint density at radius 3 is 2.30 bits per heavy atom. The van der Waals surface area contributed by atoms with E-state index in [1.165, 1.54) is 0 Å². The summed E-state index contributed by atoms with van der Waals surface area (Å²) < 4.78 is 28.8. The summed E-state index contributed by atoms with van der Waals surface area (Å²) in [5.41, 5.74) is 1.56. The number of rotatable bonds is 5. The molecule has 138 valence electrons. The molecule has 0 saturated carbocycles. The molecule has 27 heavy (non-hydrogen) atoms. The van der Waals surface area contributed by atoms with E-state index < -0.39 is 10.0 Å². The van der Waals surface area contributed by atoms with Crippen LogP contribution in [-0.2, 0) is 10.0 Å². The van der Waals surface area contributed by atoms with E-state index in [4.69, 9.17) is 0 Å². The van der Waals surface area contributed by atoms with Gasteiger partial charge in [-0.2, -0.15) is 0 Å². The van der Waals surface area contributed by atoms with Crippen LogP contribution >= 0.6 is 34.4 Å². The highest BCUT2D eigenvalue weighted by Crippen LogP contribution is 2.29. The van der Waals surface area contributed by atoms with Gasteiger partial charge < -0.3 is 0 Å². The molecule has 3 aromatic carbocycles. The fourth-order valence-corrected chi connectivity index (χ4v) is 4.70. The summed E-state index contributed by atoms with van der Waals surface area (Å²) in [6.07, 6.45) is 0. The second kappa shape index (κ2) is 8.45. The van der Waals surface area contributed by atoms with Crippen molar-refractivity contribution in [3.8, 4) is 0 Å². The molecule has 3 aromatic rings. The third-order valence-electron chi connectivity index (χ3n) is 3.73. The summed E-state index contributed by atoms with van der Waals surface area (Å²) in [6.45, 7) is 1.89. The number of hydrogen-bond acceptors (Lipinski definition) is 4. The Bertz CT molecular complexity index is 1070. The Balaban J connectivity index is 1.92. The van der Waals surface area contributed by atoms with E-state index in [2.05, 4.69) is 27.3 Å². The molecule has 0 aliphatic heterocycles. The van der Waals surface area contributed by atoms with Crippen LogP contribution in [0.25, 0.3) is 0 Å². The van der Waals surface area contributed by atoms with Gasteiger partial charge in [0.1, 0.15) is 0 Å². The molecule has 3 rings (SSSR count). The predicted molar refractivity (Wildman–Crippen MR) is 118 cm³/mol. The van der Waals surface area contributed by atoms with E-state index in [1.807, 2.05) is 37.3 Å². The molecule has 7 heteroatoms. The molecular formula is C20H16INO3S2. The highest BCUT2D eigenvalue weighted by molar-refractivity contribution is 14.1. The van der Waals surface area contributed by atoms with E-state index in [0.29, 0.717) is 5.56 Å². The molecule has 0 saturated heterocycles. The number of aryl methyl sites for hydroxylation is 1. The number of anilines is 1. The van der Waals surface area contributed by atoms with E-state index in [0.717, 1.165) is 25.8 Å². The minimum Gasteiger partial charge on any atom is -0.281 e. The van der Waals surface area contributed by atoms with Gasteiger partial charge in [0.05, 0.1) is 16.1 Å². The molecule has 0 atom stereocenters. The van der Waals surface area contributed by atoms with Crippen molar-refractivity contribution in [2.24, 2.45) is 0 Å². The van der Waals surface area contributed by atoms with Crippen LogP contribution < -0.4 is 4.72 Å². The predicted octanol–water partition coefficient (Wildman–Crippen LogP) is 5.33. The number of halogens is 1. The zero-order valence-corrected chi connectivity index (χ0v) is 18.1. The van der Waals surface area contributed by atoms with Crippen molar-refractivity contribution >= 4 is 55.2 Å². The quantitative estimate of drug-likeness (QED) is 0.373. The normalized spacial score (nSPS) is 11.2. The van der Waals surface area contributed by atoms with Gasteiger partial charge in [-0.25, -0.2) is 8.42 Å². The maximum absolute atomic E-state index is 12.8. The minimum atomic E-state index is -3.79. The molecule has 0 radical (unpaired) electrons. The van der Waals surface area contributed by atoms with Crippen molar-refractivity contribution in [3.05, 3.63) is 87.5 Å². The standard InChI is InChI=1S/C20H16INO3S2/c1-14-7-10-17(11-8-14)27(24,25)22-19-12-9-15(21)13-18(19)20(23)26-16-5-3-2-4-6-16/h2-13,22H,1H3. The fourth-order valence-electron chi connectivity index (χ4n) is 2.35. The van der Waals surface area contributed by atoms with Gasteiger partial charge in [0.15, 0.2) is 0 Å². The average Bonchev–Trinajstić information content (AvgIpc) is 2.64. The Hall–Kier alpha value is -1.84. The molecule has 0 spiro atoms. The lowest BCUT2D eigenvalue weighted by molar-refractivity contribution is 0.108. The lowest BCUT2D eigenvalue weighted by atomic mass is 10.2. The zero-order chi connectivity index (χ0) is 19.4. The van der Waals surface area contributed by atoms with Crippen molar-refractivity contribution < 1.29 is 13.2 Å². The molecular weight excluding hydrogens is 493 g/mol. The molecule has 0 fully saturated rings. The molecule has 0 heterocycles. The summed E-state index contributed by atoms with van der Waals surface area (Å²) in [7, 11) is -3.79. The first-order chi connectivity index (χ1) is 12.8. The highest BCUT2D eigenvalue weighted by Gasteiger charge is 2.20. The van der Waals surface area contributed by atoms with Gasteiger partial charge in [-0.1, -0.05) is 35.9 Å². The van der Waals surface area contributed by atoms with Crippen molar-refractivity contribution in [2.45, 2.75) is 16.7 Å². The second-order valence-electron chi connectivity index (χ2n) is 5.81. The van der Waals surface area contributed by atoms with E-state index in [9.17, 15) is 13.2 Å². The van der Waals surface area contributed by atoms with Crippen LogP contribution in [0.5, 0.6) is 0 Å². The maximum Gasteiger partial charge on any atom is 0.261 e. The molecule has 0 aromatic heterocycles. The van der Waals surface area contributed by atoms with Crippen molar-refractivity contribution in [2.75, 3.05) is 4.72 Å². The molecule has 0 aliphatic carbocycles. The van der Waals surface area contributed by atoms with Crippen molar-refractivity contribution in [1.82, 2.24) is 0 Å². The average molecular weight is 509 g/mol. The van der Waals surface area contributed by atoms with Crippen LogP contribution in [-0.4, -0.2) is 13.5 Å². The minimum absolute atomic E-state index is 0.153. The van der Waals surface area contributed by atoms with Gasteiger partial charge in [0.2, 0.25) is 5.12 Å². The first-order valence-corrected chi connectivity index (χ1v) is 11.4. The van der Waals surface area contributed by atoms with Crippen LogP contribution in [0.2, 0.25) is 0 Å². The number of carbonyl (C=O) groups excluding carboxylic acids is 1. The van der Waals surface area contributed by atoms with Crippen LogP contribution in [0.4, 0.5) is 5.69 Å². The second-order valence-corrected chi connectivity index (χ2v) is 9.79. The van der Waals surface area contributed by atoms with Crippen molar-refractivity contribution in [1.29, 1.82) is 0 Å². The summed E-state index contributed by atoms with van der Waals surface area (Å²) in [5.74, 6) is 0. The number of benzene rings is 3. The smallest absolute Gasteiger partial charge is 0.261 e. The highest BCUT2D eigenvalue weighted by atomic mass is 127.